The van der Waals surface area contributed by atoms with Gasteiger partial charge < -0.3 is 5.73 Å². The fourth-order valence-electron chi connectivity index (χ4n) is 2.76. The van der Waals surface area contributed by atoms with Gasteiger partial charge in [0.1, 0.15) is 5.82 Å². The molecular weight excluding hydrogens is 224 g/mol. The van der Waals surface area contributed by atoms with Crippen molar-refractivity contribution in [2.75, 3.05) is 5.73 Å². The Bertz CT molecular complexity index is 610. The van der Waals surface area contributed by atoms with Crippen LogP contribution < -0.4 is 5.73 Å². The normalized spacial score (nSPS) is 16.8. The van der Waals surface area contributed by atoms with Gasteiger partial charge in [-0.1, -0.05) is 13.8 Å². The molecule has 0 atom stereocenters. The number of nitrogens with two attached hydrogens (primary N) is 1. The molecule has 18 heavy (non-hydrogen) atoms. The lowest BCUT2D eigenvalue weighted by molar-refractivity contribution is 0.519. The standard InChI is InChI=1S/C14H18N4/c1-9-5-7-16-11(8-9)18-13(15)12-10(17-18)4-6-14(12,2)3/h5,7-8H,4,6,15H2,1-3H3. The molecule has 4 nitrogen and oxygen atoms in total. The summed E-state index contributed by atoms with van der Waals surface area (Å²) in [7, 11) is 0. The van der Waals surface area contributed by atoms with Crippen molar-refractivity contribution in [3.05, 3.63) is 35.2 Å². The highest BCUT2D eigenvalue weighted by molar-refractivity contribution is 5.54. The Morgan fingerprint density at radius 2 is 2.17 bits per heavy atom. The molecule has 0 fully saturated rings. The van der Waals surface area contributed by atoms with Crippen LogP contribution in [0.3, 0.4) is 0 Å². The topological polar surface area (TPSA) is 56.7 Å². The summed E-state index contributed by atoms with van der Waals surface area (Å²) in [6.45, 7) is 6.50. The third kappa shape index (κ3) is 1.52. The van der Waals surface area contributed by atoms with E-state index in [2.05, 4.69) is 23.9 Å². The number of aryl methyl sites for hydroxylation is 2. The zero-order chi connectivity index (χ0) is 12.9. The number of anilines is 1. The molecule has 2 heterocycles. The van der Waals surface area contributed by atoms with Gasteiger partial charge >= 0.3 is 0 Å². The van der Waals surface area contributed by atoms with E-state index in [0.29, 0.717) is 0 Å². The minimum Gasteiger partial charge on any atom is -0.383 e. The molecule has 3 rings (SSSR count). The lowest BCUT2D eigenvalue weighted by Gasteiger charge is -2.18. The minimum absolute atomic E-state index is 0.126. The predicted molar refractivity (Wildman–Crippen MR) is 71.9 cm³/mol. The second kappa shape index (κ2) is 3.57. The van der Waals surface area contributed by atoms with Gasteiger partial charge in [0.25, 0.3) is 0 Å². The van der Waals surface area contributed by atoms with Crippen LogP contribution in [0.5, 0.6) is 0 Å². The molecule has 0 spiro atoms. The Balaban J connectivity index is 2.17. The van der Waals surface area contributed by atoms with Crippen LogP contribution >= 0.6 is 0 Å². The van der Waals surface area contributed by atoms with E-state index in [1.165, 1.54) is 5.56 Å². The Morgan fingerprint density at radius 3 is 2.83 bits per heavy atom. The molecule has 0 saturated carbocycles. The van der Waals surface area contributed by atoms with E-state index < -0.39 is 0 Å². The van der Waals surface area contributed by atoms with Gasteiger partial charge in [-0.15, -0.1) is 0 Å². The number of hydrogen-bond donors (Lipinski definition) is 1. The van der Waals surface area contributed by atoms with E-state index in [0.717, 1.165) is 35.7 Å². The molecule has 2 N–H and O–H groups in total. The molecule has 2 aromatic heterocycles. The molecule has 2 aromatic rings. The van der Waals surface area contributed by atoms with E-state index in [1.807, 2.05) is 19.1 Å². The molecule has 1 aliphatic carbocycles. The minimum atomic E-state index is 0.126. The SMILES string of the molecule is Cc1ccnc(-n2nc3c(c2N)C(C)(C)CC3)c1. The molecule has 0 unspecified atom stereocenters. The Hall–Kier alpha value is -1.84. The molecule has 0 bridgehead atoms. The summed E-state index contributed by atoms with van der Waals surface area (Å²) in [5.41, 5.74) is 9.89. The highest BCUT2D eigenvalue weighted by atomic mass is 15.3. The largest absolute Gasteiger partial charge is 0.383 e. The highest BCUT2D eigenvalue weighted by Gasteiger charge is 2.36. The second-order valence-electron chi connectivity index (χ2n) is 5.69. The zero-order valence-electron chi connectivity index (χ0n) is 11.1. The van der Waals surface area contributed by atoms with Crippen LogP contribution in [0.25, 0.3) is 5.82 Å². The summed E-state index contributed by atoms with van der Waals surface area (Å²) >= 11 is 0. The molecular formula is C14H18N4. The van der Waals surface area contributed by atoms with Gasteiger partial charge in [-0.05, 0) is 42.9 Å². The number of nitrogens with zero attached hydrogens (tertiary/aromatic N) is 3. The number of pyridine rings is 1. The van der Waals surface area contributed by atoms with Crippen molar-refractivity contribution in [2.24, 2.45) is 0 Å². The quantitative estimate of drug-likeness (QED) is 0.835. The first-order chi connectivity index (χ1) is 8.49. The van der Waals surface area contributed by atoms with Gasteiger partial charge in [-0.25, -0.2) is 4.98 Å². The van der Waals surface area contributed by atoms with Crippen LogP contribution in [0.4, 0.5) is 5.82 Å². The Kier molecular flexibility index (Phi) is 2.24. The van der Waals surface area contributed by atoms with Crippen molar-refractivity contribution in [3.8, 4) is 5.82 Å². The molecule has 0 saturated heterocycles. The van der Waals surface area contributed by atoms with Crippen LogP contribution in [-0.2, 0) is 11.8 Å². The van der Waals surface area contributed by atoms with Crippen molar-refractivity contribution in [3.63, 3.8) is 0 Å². The van der Waals surface area contributed by atoms with Crippen LogP contribution in [0.2, 0.25) is 0 Å². The van der Waals surface area contributed by atoms with Gasteiger partial charge in [-0.2, -0.15) is 9.78 Å². The van der Waals surface area contributed by atoms with Crippen LogP contribution in [0.15, 0.2) is 18.3 Å². The summed E-state index contributed by atoms with van der Waals surface area (Å²) in [6, 6.07) is 3.98. The molecule has 0 aliphatic heterocycles. The average Bonchev–Trinajstić information content (AvgIpc) is 2.79. The fourth-order valence-corrected chi connectivity index (χ4v) is 2.76. The lowest BCUT2D eigenvalue weighted by atomic mass is 9.87. The Labute approximate surface area is 107 Å². The molecule has 0 amide bonds. The number of aromatic nitrogens is 3. The van der Waals surface area contributed by atoms with E-state index in [-0.39, 0.29) is 5.41 Å². The molecule has 1 aliphatic rings. The van der Waals surface area contributed by atoms with Crippen molar-refractivity contribution in [1.29, 1.82) is 0 Å². The number of fused-ring (bicyclic) bond motifs is 1. The number of hydrogen-bond acceptors (Lipinski definition) is 3. The summed E-state index contributed by atoms with van der Waals surface area (Å²) in [4.78, 5) is 4.35. The van der Waals surface area contributed by atoms with E-state index >= 15 is 0 Å². The average molecular weight is 242 g/mol. The third-order valence-electron chi connectivity index (χ3n) is 3.78. The summed E-state index contributed by atoms with van der Waals surface area (Å²) in [5.74, 6) is 1.54. The van der Waals surface area contributed by atoms with Crippen LogP contribution in [0, 0.1) is 6.92 Å². The van der Waals surface area contributed by atoms with E-state index in [9.17, 15) is 0 Å². The van der Waals surface area contributed by atoms with Crippen LogP contribution in [0.1, 0.15) is 37.1 Å². The maximum atomic E-state index is 6.27. The van der Waals surface area contributed by atoms with Crippen molar-refractivity contribution < 1.29 is 0 Å². The summed E-state index contributed by atoms with van der Waals surface area (Å²) in [6.07, 6.45) is 3.92. The molecule has 0 radical (unpaired) electrons. The summed E-state index contributed by atoms with van der Waals surface area (Å²) in [5, 5.41) is 4.63. The van der Waals surface area contributed by atoms with Gasteiger partial charge in [0, 0.05) is 11.8 Å². The molecule has 0 aromatic carbocycles. The smallest absolute Gasteiger partial charge is 0.155 e. The second-order valence-corrected chi connectivity index (χ2v) is 5.69. The molecule has 4 heteroatoms. The van der Waals surface area contributed by atoms with Crippen molar-refractivity contribution in [2.45, 2.75) is 39.0 Å². The van der Waals surface area contributed by atoms with Gasteiger partial charge in [0.2, 0.25) is 0 Å². The number of rotatable bonds is 1. The monoisotopic (exact) mass is 242 g/mol. The lowest BCUT2D eigenvalue weighted by Crippen LogP contribution is -2.15. The van der Waals surface area contributed by atoms with Gasteiger partial charge in [-0.3, -0.25) is 0 Å². The van der Waals surface area contributed by atoms with Gasteiger partial charge in [0.15, 0.2) is 5.82 Å². The Morgan fingerprint density at radius 1 is 1.39 bits per heavy atom. The van der Waals surface area contributed by atoms with Gasteiger partial charge in [0.05, 0.1) is 5.69 Å². The maximum Gasteiger partial charge on any atom is 0.155 e. The molecule has 94 valence electrons. The number of nitrogen functional groups attached to an aromatic ring is 1. The third-order valence-corrected chi connectivity index (χ3v) is 3.78. The van der Waals surface area contributed by atoms with Crippen LogP contribution in [-0.4, -0.2) is 14.8 Å². The van der Waals surface area contributed by atoms with E-state index in [1.54, 1.807) is 10.9 Å². The highest BCUT2D eigenvalue weighted by Crippen LogP contribution is 2.41. The maximum absolute atomic E-state index is 6.27. The first-order valence-electron chi connectivity index (χ1n) is 6.30. The first kappa shape index (κ1) is 11.3. The van der Waals surface area contributed by atoms with Crippen molar-refractivity contribution >= 4 is 5.82 Å². The predicted octanol–water partition coefficient (Wildman–Crippen LogP) is 2.38. The summed E-state index contributed by atoms with van der Waals surface area (Å²) < 4.78 is 1.78. The van der Waals surface area contributed by atoms with E-state index in [4.69, 9.17) is 5.73 Å². The fraction of sp³-hybridized carbons (Fsp3) is 0.429. The zero-order valence-corrected chi connectivity index (χ0v) is 11.1. The van der Waals surface area contributed by atoms with Crippen molar-refractivity contribution in [1.82, 2.24) is 14.8 Å². The first-order valence-corrected chi connectivity index (χ1v) is 6.30.